The van der Waals surface area contributed by atoms with Crippen molar-refractivity contribution in [1.82, 2.24) is 0 Å². The summed E-state index contributed by atoms with van der Waals surface area (Å²) in [6.07, 6.45) is 4.71. The summed E-state index contributed by atoms with van der Waals surface area (Å²) in [6.45, 7) is 4.21. The van der Waals surface area contributed by atoms with Gasteiger partial charge >= 0.3 is 0 Å². The van der Waals surface area contributed by atoms with E-state index in [4.69, 9.17) is 14.2 Å². The smallest absolute Gasteiger partial charge is 0.255 e. The van der Waals surface area contributed by atoms with Crippen LogP contribution in [0.25, 0.3) is 0 Å². The summed E-state index contributed by atoms with van der Waals surface area (Å²) >= 11 is 0. The van der Waals surface area contributed by atoms with Crippen molar-refractivity contribution in [2.24, 2.45) is 5.92 Å². The highest BCUT2D eigenvalue weighted by atomic mass is 16.6. The second-order valence-corrected chi connectivity index (χ2v) is 6.83. The van der Waals surface area contributed by atoms with Crippen molar-refractivity contribution in [3.63, 3.8) is 0 Å². The molecule has 0 radical (unpaired) electrons. The van der Waals surface area contributed by atoms with Crippen LogP contribution in [-0.2, 0) is 25.6 Å². The summed E-state index contributed by atoms with van der Waals surface area (Å²) in [6, 6.07) is 7.82. The van der Waals surface area contributed by atoms with Gasteiger partial charge in [0.05, 0.1) is 32.5 Å². The first kappa shape index (κ1) is 17.4. The Hall–Kier alpha value is -1.43. The Morgan fingerprint density at radius 2 is 2.25 bits per heavy atom. The third-order valence-electron chi connectivity index (χ3n) is 4.68. The largest absolute Gasteiger partial charge is 0.376 e. The molecule has 1 aromatic carbocycles. The third kappa shape index (κ3) is 5.03. The minimum absolute atomic E-state index is 0.158. The highest BCUT2D eigenvalue weighted by molar-refractivity contribution is 5.94. The molecule has 2 aliphatic rings. The molecule has 0 spiro atoms. The van der Waals surface area contributed by atoms with Crippen molar-refractivity contribution in [3.8, 4) is 0 Å². The molecule has 1 aliphatic heterocycles. The number of hydrogen-bond acceptors (Lipinski definition) is 4. The van der Waals surface area contributed by atoms with E-state index < -0.39 is 6.10 Å². The van der Waals surface area contributed by atoms with Crippen LogP contribution in [0.2, 0.25) is 0 Å². The summed E-state index contributed by atoms with van der Waals surface area (Å²) in [5, 5.41) is 2.90. The minimum Gasteiger partial charge on any atom is -0.376 e. The van der Waals surface area contributed by atoms with Crippen molar-refractivity contribution < 1.29 is 19.0 Å². The van der Waals surface area contributed by atoms with Crippen molar-refractivity contribution in [2.75, 3.05) is 25.1 Å². The fraction of sp³-hybridized carbons (Fsp3) is 0.632. The van der Waals surface area contributed by atoms with Crippen LogP contribution < -0.4 is 5.32 Å². The highest BCUT2D eigenvalue weighted by Gasteiger charge is 2.23. The second-order valence-electron chi connectivity index (χ2n) is 6.83. The van der Waals surface area contributed by atoms with Crippen LogP contribution in [0.4, 0.5) is 5.69 Å². The fourth-order valence-electron chi connectivity index (χ4n) is 3.34. The lowest BCUT2D eigenvalue weighted by molar-refractivity contribution is -0.142. The number of amides is 1. The molecule has 1 heterocycles. The van der Waals surface area contributed by atoms with Gasteiger partial charge < -0.3 is 19.5 Å². The Balaban J connectivity index is 1.50. The lowest BCUT2D eigenvalue weighted by Crippen LogP contribution is -2.39. The topological polar surface area (TPSA) is 56.8 Å². The predicted octanol–water partition coefficient (Wildman–Crippen LogP) is 3.14. The molecule has 24 heavy (non-hydrogen) atoms. The number of anilines is 1. The fourth-order valence-corrected chi connectivity index (χ4v) is 3.34. The summed E-state index contributed by atoms with van der Waals surface area (Å²) < 4.78 is 16.7. The first-order valence-corrected chi connectivity index (χ1v) is 8.91. The van der Waals surface area contributed by atoms with Gasteiger partial charge in [0.15, 0.2) is 6.10 Å². The van der Waals surface area contributed by atoms with E-state index in [0.29, 0.717) is 32.5 Å². The summed E-state index contributed by atoms with van der Waals surface area (Å²) in [7, 11) is 0. The molecule has 1 saturated carbocycles. The predicted molar refractivity (Wildman–Crippen MR) is 91.8 cm³/mol. The van der Waals surface area contributed by atoms with Crippen molar-refractivity contribution in [3.05, 3.63) is 29.8 Å². The number of rotatable bonds is 5. The Bertz CT molecular complexity index is 542. The van der Waals surface area contributed by atoms with Crippen LogP contribution >= 0.6 is 0 Å². The highest BCUT2D eigenvalue weighted by Crippen LogP contribution is 2.26. The van der Waals surface area contributed by atoms with E-state index in [1.165, 1.54) is 12.8 Å². The molecule has 0 unspecified atom stereocenters. The van der Waals surface area contributed by atoms with Crippen molar-refractivity contribution in [2.45, 2.75) is 51.4 Å². The van der Waals surface area contributed by atoms with Gasteiger partial charge in [0.25, 0.3) is 5.91 Å². The summed E-state index contributed by atoms with van der Waals surface area (Å²) in [4.78, 5) is 12.2. The van der Waals surface area contributed by atoms with Gasteiger partial charge in [-0.15, -0.1) is 0 Å². The zero-order valence-corrected chi connectivity index (χ0v) is 14.3. The number of carbonyl (C=O) groups excluding carboxylic acids is 1. The van der Waals surface area contributed by atoms with Gasteiger partial charge in [0.2, 0.25) is 0 Å². The Labute approximate surface area is 143 Å². The van der Waals surface area contributed by atoms with E-state index >= 15 is 0 Å². The van der Waals surface area contributed by atoms with Crippen LogP contribution in [0.1, 0.15) is 38.2 Å². The average molecular weight is 333 g/mol. The monoisotopic (exact) mass is 333 g/mol. The number of ether oxygens (including phenoxy) is 3. The molecular formula is C19H27NO4. The van der Waals surface area contributed by atoms with Gasteiger partial charge in [-0.05, 0) is 36.5 Å². The van der Waals surface area contributed by atoms with Crippen LogP contribution in [0, 0.1) is 5.92 Å². The third-order valence-corrected chi connectivity index (χ3v) is 4.68. The minimum atomic E-state index is -0.526. The maximum absolute atomic E-state index is 12.2. The van der Waals surface area contributed by atoms with Crippen LogP contribution in [0.3, 0.4) is 0 Å². The van der Waals surface area contributed by atoms with Crippen molar-refractivity contribution in [1.29, 1.82) is 0 Å². The summed E-state index contributed by atoms with van der Waals surface area (Å²) in [5.74, 6) is 0.598. The molecule has 0 bridgehead atoms. The SMILES string of the molecule is C[C@@H]1CCC[C@@H](OCc2cccc(NC(=O)[C@H]3COCCO3)c2)C1. The molecule has 3 atom stereocenters. The maximum atomic E-state index is 12.2. The molecule has 1 saturated heterocycles. The lowest BCUT2D eigenvalue weighted by atomic mass is 9.89. The van der Waals surface area contributed by atoms with Crippen LogP contribution in [0.5, 0.6) is 0 Å². The van der Waals surface area contributed by atoms with E-state index in [1.54, 1.807) is 0 Å². The molecule has 1 aliphatic carbocycles. The van der Waals surface area contributed by atoms with E-state index in [1.807, 2.05) is 24.3 Å². The average Bonchev–Trinajstić information content (AvgIpc) is 2.61. The molecule has 2 fully saturated rings. The quantitative estimate of drug-likeness (QED) is 0.899. The molecule has 1 amide bonds. The van der Waals surface area contributed by atoms with Gasteiger partial charge in [-0.3, -0.25) is 4.79 Å². The zero-order valence-electron chi connectivity index (χ0n) is 14.3. The molecular weight excluding hydrogens is 306 g/mol. The first-order chi connectivity index (χ1) is 11.7. The van der Waals surface area contributed by atoms with E-state index in [2.05, 4.69) is 12.2 Å². The standard InChI is InChI=1S/C19H27NO4/c1-14-4-2-7-17(10-14)24-12-15-5-3-6-16(11-15)20-19(21)18-13-22-8-9-23-18/h3,5-6,11,14,17-18H,2,4,7-10,12-13H2,1H3,(H,20,21)/t14-,17-,18-/m1/s1. The van der Waals surface area contributed by atoms with Gasteiger partial charge in [-0.1, -0.05) is 31.9 Å². The Morgan fingerprint density at radius 1 is 1.33 bits per heavy atom. The normalized spacial score (nSPS) is 27.6. The molecule has 5 nitrogen and oxygen atoms in total. The van der Waals surface area contributed by atoms with Crippen molar-refractivity contribution >= 4 is 11.6 Å². The molecule has 0 aromatic heterocycles. The molecule has 132 valence electrons. The maximum Gasteiger partial charge on any atom is 0.255 e. The van der Waals surface area contributed by atoms with E-state index in [-0.39, 0.29) is 5.91 Å². The zero-order chi connectivity index (χ0) is 16.8. The molecule has 1 aromatic rings. The number of nitrogens with one attached hydrogen (secondary N) is 1. The Kier molecular flexibility index (Phi) is 6.24. The molecule has 3 rings (SSSR count). The van der Waals surface area contributed by atoms with E-state index in [0.717, 1.165) is 30.0 Å². The number of hydrogen-bond donors (Lipinski definition) is 1. The molecule has 5 heteroatoms. The van der Waals surface area contributed by atoms with E-state index in [9.17, 15) is 4.79 Å². The van der Waals surface area contributed by atoms with Gasteiger partial charge in [0.1, 0.15) is 0 Å². The number of benzene rings is 1. The lowest BCUT2D eigenvalue weighted by Gasteiger charge is -2.26. The first-order valence-electron chi connectivity index (χ1n) is 8.91. The van der Waals surface area contributed by atoms with Gasteiger partial charge in [-0.25, -0.2) is 0 Å². The summed E-state index contributed by atoms with van der Waals surface area (Å²) in [5.41, 5.74) is 1.85. The van der Waals surface area contributed by atoms with Crippen LogP contribution in [0.15, 0.2) is 24.3 Å². The second kappa shape index (κ2) is 8.60. The molecule has 1 N–H and O–H groups in total. The van der Waals surface area contributed by atoms with Gasteiger partial charge in [-0.2, -0.15) is 0 Å². The van der Waals surface area contributed by atoms with Gasteiger partial charge in [0, 0.05) is 5.69 Å². The van der Waals surface area contributed by atoms with Crippen LogP contribution in [-0.4, -0.2) is 37.9 Å². The number of carbonyl (C=O) groups is 1. The Morgan fingerprint density at radius 3 is 3.04 bits per heavy atom.